The molecular formula is C39H70N6O4. The molecule has 2 fully saturated rings. The van der Waals surface area contributed by atoms with Gasteiger partial charge in [0.25, 0.3) is 5.91 Å². The summed E-state index contributed by atoms with van der Waals surface area (Å²) in [7, 11) is 0. The van der Waals surface area contributed by atoms with Crippen molar-refractivity contribution in [1.82, 2.24) is 25.8 Å². The smallest absolute Gasteiger partial charge is 0.270 e. The monoisotopic (exact) mass is 687 g/mol. The molecule has 10 nitrogen and oxygen atoms in total. The summed E-state index contributed by atoms with van der Waals surface area (Å²) >= 11 is 0. The van der Waals surface area contributed by atoms with Crippen LogP contribution in [0.2, 0.25) is 0 Å². The number of hydrogen-bond acceptors (Lipinski definition) is 6. The van der Waals surface area contributed by atoms with Crippen LogP contribution in [0.5, 0.6) is 0 Å². The van der Waals surface area contributed by atoms with E-state index in [4.69, 9.17) is 5.73 Å². The molecule has 2 aliphatic rings. The molecule has 2 unspecified atom stereocenters. The molecule has 1 saturated heterocycles. The molecule has 0 spiro atoms. The van der Waals surface area contributed by atoms with E-state index in [1.54, 1.807) is 12.1 Å². The predicted octanol–water partition coefficient (Wildman–Crippen LogP) is 6.58. The number of carbonyl (C=O) groups is 4. The quantitative estimate of drug-likeness (QED) is 0.169. The number of likely N-dealkylation sites (tertiary alicyclic amines) is 1. The first-order valence-corrected chi connectivity index (χ1v) is 17.7. The van der Waals surface area contributed by atoms with E-state index >= 15 is 0 Å². The van der Waals surface area contributed by atoms with E-state index in [2.05, 4.69) is 32.8 Å². The Balaban J connectivity index is -0.00000104. The Hall–Kier alpha value is -4.31. The van der Waals surface area contributed by atoms with Crippen molar-refractivity contribution in [2.75, 3.05) is 13.1 Å². The van der Waals surface area contributed by atoms with E-state index in [0.29, 0.717) is 30.3 Å². The van der Waals surface area contributed by atoms with Gasteiger partial charge in [0.05, 0.1) is 18.0 Å². The Kier molecular flexibility index (Phi) is 11.7. The molecule has 1 saturated carbocycles. The van der Waals surface area contributed by atoms with Gasteiger partial charge < -0.3 is 21.7 Å². The summed E-state index contributed by atoms with van der Waals surface area (Å²) in [6.45, 7) is 9.58. The number of nitrogens with one attached hydrogen (secondary N) is 3. The molecule has 2 heterocycles. The van der Waals surface area contributed by atoms with Crippen molar-refractivity contribution >= 4 is 34.5 Å². The lowest BCUT2D eigenvalue weighted by atomic mass is 9.72. The molecule has 10 heteroatoms. The van der Waals surface area contributed by atoms with E-state index in [0.717, 1.165) is 23.9 Å². The van der Waals surface area contributed by atoms with Gasteiger partial charge >= 0.3 is 0 Å². The maximum Gasteiger partial charge on any atom is 0.270 e. The van der Waals surface area contributed by atoms with E-state index in [1.807, 2.05) is 75.4 Å². The molecule has 280 valence electrons. The Morgan fingerprint density at radius 2 is 1.63 bits per heavy atom. The van der Waals surface area contributed by atoms with Crippen molar-refractivity contribution in [1.29, 1.82) is 0 Å². The Morgan fingerprint density at radius 3 is 2.35 bits per heavy atom. The molecule has 49 heavy (non-hydrogen) atoms. The minimum Gasteiger partial charge on any atom is -0.370 e. The summed E-state index contributed by atoms with van der Waals surface area (Å²) in [6.07, 6.45) is 5.80. The summed E-state index contributed by atoms with van der Waals surface area (Å²) in [5.41, 5.74) is 7.06. The average Bonchev–Trinajstić information content (AvgIpc) is 3.06. The van der Waals surface area contributed by atoms with Gasteiger partial charge in [-0.25, -0.2) is 4.98 Å². The second kappa shape index (κ2) is 15.9. The van der Waals surface area contributed by atoms with Gasteiger partial charge in [-0.05, 0) is 75.5 Å². The first kappa shape index (κ1) is 36.0. The normalized spacial score (nSPS) is 21.5. The average molecular weight is 687 g/mol. The fourth-order valence-electron chi connectivity index (χ4n) is 7.51. The van der Waals surface area contributed by atoms with Crippen molar-refractivity contribution in [3.63, 3.8) is 0 Å². The van der Waals surface area contributed by atoms with Crippen LogP contribution in [0.25, 0.3) is 10.9 Å². The van der Waals surface area contributed by atoms with Crippen LogP contribution >= 0.6 is 0 Å². The maximum absolute atomic E-state index is 13.9. The fraction of sp³-hybridized carbons (Fsp3) is 0.513. The largest absolute Gasteiger partial charge is 0.370 e. The predicted molar refractivity (Wildman–Crippen MR) is 210 cm³/mol. The highest BCUT2D eigenvalue weighted by Gasteiger charge is 2.41. The number of carbonyl (C=O) groups excluding carboxylic acids is 4. The third-order valence-electron chi connectivity index (χ3n) is 10.00. The molecule has 5 N–H and O–H groups in total. The Bertz CT molecular complexity index is 1660. The highest BCUT2D eigenvalue weighted by Crippen LogP contribution is 2.39. The molecule has 0 bridgehead atoms. The van der Waals surface area contributed by atoms with Gasteiger partial charge in [-0.15, -0.1) is 0 Å². The first-order chi connectivity index (χ1) is 23.4. The van der Waals surface area contributed by atoms with Crippen LogP contribution in [0.1, 0.15) is 95.1 Å². The van der Waals surface area contributed by atoms with Crippen LogP contribution in [-0.4, -0.2) is 70.3 Å². The second-order valence-corrected chi connectivity index (χ2v) is 15.1. The highest BCUT2D eigenvalue weighted by atomic mass is 16.2. The summed E-state index contributed by atoms with van der Waals surface area (Å²) in [4.78, 5) is 59.9. The van der Waals surface area contributed by atoms with Crippen molar-refractivity contribution < 1.29 is 32.0 Å². The van der Waals surface area contributed by atoms with Crippen molar-refractivity contribution in [3.8, 4) is 0 Å². The third kappa shape index (κ3) is 9.88. The number of rotatable bonds is 12. The maximum atomic E-state index is 13.9. The number of fused-ring (bicyclic) bond motifs is 2. The molecule has 1 aliphatic carbocycles. The summed E-state index contributed by atoms with van der Waals surface area (Å²) < 4.78 is 0. The number of amides is 4. The summed E-state index contributed by atoms with van der Waals surface area (Å²) in [5.74, 6) is -0.675. The van der Waals surface area contributed by atoms with Crippen molar-refractivity contribution in [2.45, 2.75) is 96.3 Å². The molecular weight excluding hydrogens is 616 g/mol. The molecule has 1 aliphatic heterocycles. The van der Waals surface area contributed by atoms with Crippen LogP contribution in [0.3, 0.4) is 0 Å². The zero-order valence-corrected chi connectivity index (χ0v) is 29.3. The lowest BCUT2D eigenvalue weighted by Gasteiger charge is -2.47. The Morgan fingerprint density at radius 1 is 0.939 bits per heavy atom. The lowest BCUT2D eigenvalue weighted by molar-refractivity contribution is -0.132. The number of primary amides is 1. The van der Waals surface area contributed by atoms with Crippen LogP contribution in [0.4, 0.5) is 0 Å². The van der Waals surface area contributed by atoms with Crippen LogP contribution in [0.15, 0.2) is 66.7 Å². The van der Waals surface area contributed by atoms with Gasteiger partial charge in [-0.1, -0.05) is 80.8 Å². The number of nitrogens with zero attached hydrogens (tertiary/aromatic N) is 2. The van der Waals surface area contributed by atoms with Crippen molar-refractivity contribution in [3.05, 3.63) is 78.0 Å². The van der Waals surface area contributed by atoms with Gasteiger partial charge in [0.1, 0.15) is 11.7 Å². The minimum atomic E-state index is -1.19. The van der Waals surface area contributed by atoms with Gasteiger partial charge in [0, 0.05) is 42.9 Å². The first-order valence-electron chi connectivity index (χ1n) is 17.7. The van der Waals surface area contributed by atoms with Gasteiger partial charge in [0.15, 0.2) is 0 Å². The summed E-state index contributed by atoms with van der Waals surface area (Å²) in [6, 6.07) is 19.0. The molecule has 2 aromatic carbocycles. The lowest BCUT2D eigenvalue weighted by Crippen LogP contribution is -2.59. The topological polar surface area (TPSA) is 147 Å². The summed E-state index contributed by atoms with van der Waals surface area (Å²) in [5, 5.41) is 10.00. The third-order valence-corrected chi connectivity index (χ3v) is 10.00. The van der Waals surface area contributed by atoms with Gasteiger partial charge in [0.2, 0.25) is 17.7 Å². The molecule has 5 rings (SSSR count). The van der Waals surface area contributed by atoms with Crippen LogP contribution in [0, 0.1) is 17.8 Å². The van der Waals surface area contributed by atoms with Crippen LogP contribution in [-0.2, 0) is 20.8 Å². The highest BCUT2D eigenvalue weighted by molar-refractivity contribution is 5.99. The van der Waals surface area contributed by atoms with E-state index in [-0.39, 0.29) is 54.4 Å². The van der Waals surface area contributed by atoms with Gasteiger partial charge in [-0.3, -0.25) is 24.1 Å². The van der Waals surface area contributed by atoms with E-state index in [9.17, 15) is 19.2 Å². The van der Waals surface area contributed by atoms with E-state index in [1.165, 1.54) is 25.7 Å². The zero-order chi connectivity index (χ0) is 35.1. The number of piperidine rings is 1. The molecule has 4 amide bonds. The molecule has 6 atom stereocenters. The van der Waals surface area contributed by atoms with Crippen LogP contribution < -0.4 is 21.7 Å². The van der Waals surface area contributed by atoms with E-state index < -0.39 is 23.8 Å². The second-order valence-electron chi connectivity index (χ2n) is 15.1. The van der Waals surface area contributed by atoms with Crippen molar-refractivity contribution in [2.24, 2.45) is 23.5 Å². The molecule has 1 aromatic heterocycles. The van der Waals surface area contributed by atoms with Gasteiger partial charge in [-0.2, -0.15) is 0 Å². The number of aromatic nitrogens is 1. The number of para-hydroxylation sites is 1. The molecule has 0 radical (unpaired) electrons. The zero-order valence-electron chi connectivity index (χ0n) is 29.3. The number of pyridine rings is 1. The fourth-order valence-corrected chi connectivity index (χ4v) is 7.51. The molecule has 3 aromatic rings. The number of hydrogen-bond donors (Lipinski definition) is 4. The Labute approximate surface area is 303 Å². The standard InChI is InChI=1S/C39H52N6O4.9H2/c1-25(23-45-24-29-16-9-8-15-28(29)21-34(45)38(49)44-39(2,3)4)32(20-26-12-6-5-7-13-26)42-37(48)33(22-35(40)46)43-36(47)31-19-18-27-14-10-11-17-30(27)41-31;;;;;;;;;/h5-7,10-14,17-19,25,28-29,32-34H,8-9,15-16,20-24H2,1-4H3,(H2,40,46)(H,42,48)(H,43,47)(H,44,49);9*1H/t25-,28?,29?,32+,33+,34+;;;;;;;;;/m1........./s1. The number of benzene rings is 2. The number of nitrogens with two attached hydrogens (primary N) is 1. The SMILES string of the molecule is C[C@H](CN1CC2CCCCC2C[C@H]1C(=O)NC(C)(C)C)[C@H](Cc1ccccc1)NC(=O)[C@H](CC(N)=O)NC(=O)c1ccc2ccccc2n1.[HH].[HH].[HH].[HH].[HH].[HH].[HH].[HH].[HH]. The minimum absolute atomic E-state index is 0.